The van der Waals surface area contributed by atoms with Crippen LogP contribution in [-0.4, -0.2) is 59.8 Å². The first kappa shape index (κ1) is 23.6. The fraction of sp³-hybridized carbons (Fsp3) is 0.385. The molecule has 1 amide bonds. The number of methoxy groups -OCH3 is 1. The summed E-state index contributed by atoms with van der Waals surface area (Å²) in [6, 6.07) is 9.11. The summed E-state index contributed by atoms with van der Waals surface area (Å²) in [5.41, 5.74) is 1.94. The molecule has 1 fully saturated rings. The molecule has 0 bridgehead atoms. The molecule has 2 aromatic carbocycles. The number of aliphatic hydroxyl groups excluding tert-OH is 1. The minimum absolute atomic E-state index is 0.00229. The summed E-state index contributed by atoms with van der Waals surface area (Å²) in [4.78, 5) is 27.6. The third kappa shape index (κ3) is 4.33. The summed E-state index contributed by atoms with van der Waals surface area (Å²) >= 11 is 0. The smallest absolute Gasteiger partial charge is 0.295 e. The molecule has 1 saturated heterocycles. The van der Waals surface area contributed by atoms with Crippen LogP contribution in [0.4, 0.5) is 0 Å². The summed E-state index contributed by atoms with van der Waals surface area (Å²) in [6.45, 7) is 4.77. The van der Waals surface area contributed by atoms with Crippen LogP contribution in [0.25, 0.3) is 5.76 Å². The molecule has 4 rings (SSSR count). The van der Waals surface area contributed by atoms with E-state index in [2.05, 4.69) is 0 Å². The second-order valence-electron chi connectivity index (χ2n) is 8.45. The van der Waals surface area contributed by atoms with Gasteiger partial charge in [0.1, 0.15) is 17.6 Å². The van der Waals surface area contributed by atoms with Crippen LogP contribution in [0.15, 0.2) is 42.0 Å². The van der Waals surface area contributed by atoms with Gasteiger partial charge in [0, 0.05) is 32.2 Å². The van der Waals surface area contributed by atoms with Crippen molar-refractivity contribution in [1.29, 1.82) is 0 Å². The number of benzene rings is 2. The Morgan fingerprint density at radius 3 is 2.74 bits per heavy atom. The average molecular weight is 468 g/mol. The minimum Gasteiger partial charge on any atom is -0.507 e. The number of aromatic hydroxyl groups is 1. The first-order valence-electron chi connectivity index (χ1n) is 11.4. The van der Waals surface area contributed by atoms with E-state index in [0.717, 1.165) is 11.3 Å². The standard InChI is InChI=1S/C26H29NO7/c1-4-33-21-14-16(6-8-19(21)28)23-22(25(30)26(31)27(23)10-5-11-32-3)24(29)17-7-9-20-18(13-17)12-15(2)34-20/h6-9,13-15,23,28-29H,4-5,10-12H2,1-3H3/b24-22+. The van der Waals surface area contributed by atoms with Crippen molar-refractivity contribution in [3.63, 3.8) is 0 Å². The van der Waals surface area contributed by atoms with Gasteiger partial charge in [-0.2, -0.15) is 0 Å². The molecule has 8 heteroatoms. The average Bonchev–Trinajstić information content (AvgIpc) is 3.31. The van der Waals surface area contributed by atoms with Gasteiger partial charge < -0.3 is 29.3 Å². The zero-order valence-corrected chi connectivity index (χ0v) is 19.5. The molecule has 2 atom stereocenters. The zero-order chi connectivity index (χ0) is 24.4. The number of ether oxygens (including phenoxy) is 3. The van der Waals surface area contributed by atoms with Gasteiger partial charge in [0.05, 0.1) is 18.2 Å². The van der Waals surface area contributed by atoms with Crippen molar-refractivity contribution in [3.05, 3.63) is 58.7 Å². The fourth-order valence-corrected chi connectivity index (χ4v) is 4.53. The summed E-state index contributed by atoms with van der Waals surface area (Å²) in [5, 5.41) is 21.4. The van der Waals surface area contributed by atoms with E-state index in [9.17, 15) is 19.8 Å². The summed E-state index contributed by atoms with van der Waals surface area (Å²) in [6.07, 6.45) is 1.25. The van der Waals surface area contributed by atoms with E-state index in [-0.39, 0.29) is 35.5 Å². The van der Waals surface area contributed by atoms with Gasteiger partial charge in [-0.15, -0.1) is 0 Å². The second kappa shape index (κ2) is 9.77. The molecule has 180 valence electrons. The highest BCUT2D eigenvalue weighted by molar-refractivity contribution is 6.46. The van der Waals surface area contributed by atoms with Crippen LogP contribution in [0, 0.1) is 0 Å². The Bertz CT molecular complexity index is 1140. The Labute approximate surface area is 198 Å². The highest BCUT2D eigenvalue weighted by atomic mass is 16.5. The topological polar surface area (TPSA) is 106 Å². The number of hydrogen-bond acceptors (Lipinski definition) is 7. The third-order valence-electron chi connectivity index (χ3n) is 6.06. The van der Waals surface area contributed by atoms with Gasteiger partial charge in [0.2, 0.25) is 0 Å². The quantitative estimate of drug-likeness (QED) is 0.265. The van der Waals surface area contributed by atoms with Crippen LogP contribution < -0.4 is 9.47 Å². The number of rotatable bonds is 8. The van der Waals surface area contributed by atoms with Crippen molar-refractivity contribution >= 4 is 17.4 Å². The maximum absolute atomic E-state index is 13.2. The molecule has 0 saturated carbocycles. The maximum Gasteiger partial charge on any atom is 0.295 e. The predicted octanol–water partition coefficient (Wildman–Crippen LogP) is 3.57. The van der Waals surface area contributed by atoms with E-state index in [4.69, 9.17) is 14.2 Å². The Morgan fingerprint density at radius 2 is 2.00 bits per heavy atom. The molecule has 0 spiro atoms. The Morgan fingerprint density at radius 1 is 1.21 bits per heavy atom. The Hall–Kier alpha value is -3.52. The summed E-state index contributed by atoms with van der Waals surface area (Å²) in [5.74, 6) is -0.741. The first-order valence-corrected chi connectivity index (χ1v) is 11.4. The van der Waals surface area contributed by atoms with Crippen LogP contribution in [0.3, 0.4) is 0 Å². The molecule has 2 unspecified atom stereocenters. The van der Waals surface area contributed by atoms with E-state index in [1.54, 1.807) is 44.4 Å². The third-order valence-corrected chi connectivity index (χ3v) is 6.06. The van der Waals surface area contributed by atoms with Crippen molar-refractivity contribution in [2.45, 2.75) is 38.8 Å². The number of likely N-dealkylation sites (tertiary alicyclic amines) is 1. The number of fused-ring (bicyclic) bond motifs is 1. The molecule has 0 aliphatic carbocycles. The van der Waals surface area contributed by atoms with Gasteiger partial charge in [-0.25, -0.2) is 0 Å². The molecule has 2 aliphatic rings. The SMILES string of the molecule is CCOc1cc(C2/C(=C(\O)c3ccc4c(c3)CC(C)O4)C(=O)C(=O)N2CCCOC)ccc1O. The van der Waals surface area contributed by atoms with Crippen molar-refractivity contribution in [3.8, 4) is 17.2 Å². The number of hydrogen-bond donors (Lipinski definition) is 2. The van der Waals surface area contributed by atoms with E-state index >= 15 is 0 Å². The number of nitrogens with zero attached hydrogens (tertiary/aromatic N) is 1. The normalized spacial score (nSPS) is 21.0. The number of carbonyl (C=O) groups excluding carboxylic acids is 2. The lowest BCUT2D eigenvalue weighted by Crippen LogP contribution is -2.31. The van der Waals surface area contributed by atoms with Gasteiger partial charge in [-0.1, -0.05) is 6.07 Å². The lowest BCUT2D eigenvalue weighted by atomic mass is 9.94. The molecular formula is C26H29NO7. The van der Waals surface area contributed by atoms with E-state index < -0.39 is 17.7 Å². The minimum atomic E-state index is -0.833. The second-order valence-corrected chi connectivity index (χ2v) is 8.45. The first-order chi connectivity index (χ1) is 16.3. The number of Topliss-reactive ketones (excluding diaryl/α,β-unsaturated/α-hetero) is 1. The zero-order valence-electron chi connectivity index (χ0n) is 19.5. The Kier molecular flexibility index (Phi) is 6.79. The van der Waals surface area contributed by atoms with Crippen LogP contribution in [-0.2, 0) is 20.7 Å². The van der Waals surface area contributed by atoms with Crippen molar-refractivity contribution < 1.29 is 34.0 Å². The molecule has 2 aliphatic heterocycles. The van der Waals surface area contributed by atoms with E-state index in [1.807, 2.05) is 6.92 Å². The van der Waals surface area contributed by atoms with Gasteiger partial charge in [0.15, 0.2) is 11.5 Å². The van der Waals surface area contributed by atoms with Crippen molar-refractivity contribution in [2.75, 3.05) is 26.9 Å². The number of phenolic OH excluding ortho intramolecular Hbond substituents is 1. The number of phenols is 1. The monoisotopic (exact) mass is 467 g/mol. The van der Waals surface area contributed by atoms with E-state index in [1.165, 1.54) is 11.0 Å². The van der Waals surface area contributed by atoms with Crippen LogP contribution >= 0.6 is 0 Å². The molecule has 34 heavy (non-hydrogen) atoms. The highest BCUT2D eigenvalue weighted by Crippen LogP contribution is 2.42. The largest absolute Gasteiger partial charge is 0.507 e. The Balaban J connectivity index is 1.82. The fourth-order valence-electron chi connectivity index (χ4n) is 4.53. The van der Waals surface area contributed by atoms with Gasteiger partial charge >= 0.3 is 0 Å². The molecule has 0 aromatic heterocycles. The summed E-state index contributed by atoms with van der Waals surface area (Å²) in [7, 11) is 1.57. The maximum atomic E-state index is 13.2. The molecule has 0 radical (unpaired) electrons. The molecule has 8 nitrogen and oxygen atoms in total. The summed E-state index contributed by atoms with van der Waals surface area (Å²) < 4.78 is 16.4. The molecule has 2 heterocycles. The van der Waals surface area contributed by atoms with Gasteiger partial charge in [-0.05, 0) is 61.7 Å². The number of ketones is 1. The van der Waals surface area contributed by atoms with Crippen LogP contribution in [0.2, 0.25) is 0 Å². The predicted molar refractivity (Wildman–Crippen MR) is 125 cm³/mol. The molecule has 2 N–H and O–H groups in total. The van der Waals surface area contributed by atoms with E-state index in [0.29, 0.717) is 37.2 Å². The van der Waals surface area contributed by atoms with Gasteiger partial charge in [-0.3, -0.25) is 9.59 Å². The number of aliphatic hydroxyl groups is 1. The van der Waals surface area contributed by atoms with Crippen LogP contribution in [0.5, 0.6) is 17.2 Å². The van der Waals surface area contributed by atoms with Gasteiger partial charge in [0.25, 0.3) is 11.7 Å². The highest BCUT2D eigenvalue weighted by Gasteiger charge is 2.46. The lowest BCUT2D eigenvalue weighted by molar-refractivity contribution is -0.140. The number of carbonyl (C=O) groups is 2. The van der Waals surface area contributed by atoms with Crippen molar-refractivity contribution in [1.82, 2.24) is 4.90 Å². The number of amides is 1. The molecule has 2 aromatic rings. The molecular weight excluding hydrogens is 438 g/mol. The van der Waals surface area contributed by atoms with Crippen molar-refractivity contribution in [2.24, 2.45) is 0 Å². The van der Waals surface area contributed by atoms with Crippen LogP contribution in [0.1, 0.15) is 43.0 Å². The lowest BCUT2D eigenvalue weighted by Gasteiger charge is -2.25.